The maximum Gasteiger partial charge on any atom is 0.241 e. The number of benzene rings is 1. The van der Waals surface area contributed by atoms with Gasteiger partial charge >= 0.3 is 0 Å². The maximum atomic E-state index is 11.9. The van der Waals surface area contributed by atoms with E-state index in [1.807, 2.05) is 19.1 Å². The van der Waals surface area contributed by atoms with Gasteiger partial charge in [0.2, 0.25) is 5.91 Å². The number of rotatable bonds is 3. The molecule has 4 nitrogen and oxygen atoms in total. The summed E-state index contributed by atoms with van der Waals surface area (Å²) in [6.45, 7) is 2.93. The topological polar surface area (TPSA) is 61.4 Å². The Kier molecular flexibility index (Phi) is 3.64. The van der Waals surface area contributed by atoms with Gasteiger partial charge in [-0.2, -0.15) is 0 Å². The van der Waals surface area contributed by atoms with Crippen LogP contribution in [0.15, 0.2) is 18.2 Å². The van der Waals surface area contributed by atoms with Gasteiger partial charge in [0.05, 0.1) is 11.7 Å². The quantitative estimate of drug-likeness (QED) is 0.697. The van der Waals surface area contributed by atoms with Crippen molar-refractivity contribution in [3.05, 3.63) is 23.8 Å². The van der Waals surface area contributed by atoms with E-state index >= 15 is 0 Å². The average molecular weight is 234 g/mol. The second-order valence-corrected chi connectivity index (χ2v) is 4.34. The van der Waals surface area contributed by atoms with Crippen molar-refractivity contribution in [1.82, 2.24) is 5.32 Å². The molecule has 0 aromatic heterocycles. The molecule has 1 aromatic carbocycles. The highest BCUT2D eigenvalue weighted by Gasteiger charge is 2.22. The predicted molar refractivity (Wildman–Crippen MR) is 67.1 cm³/mol. The van der Waals surface area contributed by atoms with Gasteiger partial charge in [-0.3, -0.25) is 4.79 Å². The Labute approximate surface area is 101 Å². The number of aromatic hydroxyl groups is 1. The molecule has 1 heterocycles. The number of aryl methyl sites for hydroxylation is 1. The molecule has 92 valence electrons. The summed E-state index contributed by atoms with van der Waals surface area (Å²) in [5, 5.41) is 15.6. The maximum absolute atomic E-state index is 11.9. The SMILES string of the molecule is CCc1ccc(O)c(NC(=O)[C@H]2CCCN2)c1. The van der Waals surface area contributed by atoms with Crippen LogP contribution in [0.25, 0.3) is 0 Å². The molecular formula is C13H18N2O2. The molecular weight excluding hydrogens is 216 g/mol. The van der Waals surface area contributed by atoms with Gasteiger partial charge < -0.3 is 15.7 Å². The van der Waals surface area contributed by atoms with Crippen LogP contribution in [0.3, 0.4) is 0 Å². The van der Waals surface area contributed by atoms with E-state index in [0.717, 1.165) is 31.4 Å². The molecule has 0 saturated carbocycles. The van der Waals surface area contributed by atoms with Gasteiger partial charge in [0.25, 0.3) is 0 Å². The van der Waals surface area contributed by atoms with E-state index in [1.54, 1.807) is 6.07 Å². The number of hydrogen-bond donors (Lipinski definition) is 3. The van der Waals surface area contributed by atoms with Gasteiger partial charge in [-0.15, -0.1) is 0 Å². The van der Waals surface area contributed by atoms with E-state index in [0.29, 0.717) is 5.69 Å². The summed E-state index contributed by atoms with van der Waals surface area (Å²) >= 11 is 0. The Hall–Kier alpha value is -1.55. The van der Waals surface area contributed by atoms with Crippen LogP contribution >= 0.6 is 0 Å². The molecule has 3 N–H and O–H groups in total. The summed E-state index contributed by atoms with van der Waals surface area (Å²) in [5.74, 6) is 0.0552. The smallest absolute Gasteiger partial charge is 0.241 e. The fourth-order valence-electron chi connectivity index (χ4n) is 2.03. The summed E-state index contributed by atoms with van der Waals surface area (Å²) in [4.78, 5) is 11.9. The Balaban J connectivity index is 2.09. The van der Waals surface area contributed by atoms with Gasteiger partial charge in [0.15, 0.2) is 0 Å². The first-order valence-electron chi connectivity index (χ1n) is 6.07. The van der Waals surface area contributed by atoms with E-state index < -0.39 is 0 Å². The zero-order valence-corrected chi connectivity index (χ0v) is 9.99. The number of anilines is 1. The molecule has 0 radical (unpaired) electrons. The van der Waals surface area contributed by atoms with E-state index in [4.69, 9.17) is 0 Å². The van der Waals surface area contributed by atoms with Crippen LogP contribution in [0, 0.1) is 0 Å². The van der Waals surface area contributed by atoms with Crippen molar-refractivity contribution in [2.75, 3.05) is 11.9 Å². The fourth-order valence-corrected chi connectivity index (χ4v) is 2.03. The van der Waals surface area contributed by atoms with Crippen LogP contribution in [0.5, 0.6) is 5.75 Å². The second-order valence-electron chi connectivity index (χ2n) is 4.34. The molecule has 1 amide bonds. The average Bonchev–Trinajstić information content (AvgIpc) is 2.85. The monoisotopic (exact) mass is 234 g/mol. The standard InChI is InChI=1S/C13H18N2O2/c1-2-9-5-6-12(16)11(8-9)15-13(17)10-4-3-7-14-10/h5-6,8,10,14,16H,2-4,7H2,1H3,(H,15,17)/t10-/m1/s1. The Bertz CT molecular complexity index is 412. The molecule has 17 heavy (non-hydrogen) atoms. The summed E-state index contributed by atoms with van der Waals surface area (Å²) in [6.07, 6.45) is 2.77. The van der Waals surface area contributed by atoms with Crippen molar-refractivity contribution in [1.29, 1.82) is 0 Å². The van der Waals surface area contributed by atoms with Crippen LogP contribution in [-0.2, 0) is 11.2 Å². The third-order valence-electron chi connectivity index (χ3n) is 3.10. The lowest BCUT2D eigenvalue weighted by Gasteiger charge is -2.13. The first kappa shape index (κ1) is 11.9. The summed E-state index contributed by atoms with van der Waals surface area (Å²) in [6, 6.07) is 5.18. The van der Waals surface area contributed by atoms with Crippen LogP contribution in [0.1, 0.15) is 25.3 Å². The van der Waals surface area contributed by atoms with Crippen LogP contribution in [-0.4, -0.2) is 23.6 Å². The number of carbonyl (C=O) groups excluding carboxylic acids is 1. The summed E-state index contributed by atoms with van der Waals surface area (Å²) in [5.41, 5.74) is 1.60. The van der Waals surface area contributed by atoms with Crippen LogP contribution < -0.4 is 10.6 Å². The van der Waals surface area contributed by atoms with Gasteiger partial charge in [0.1, 0.15) is 5.75 Å². The van der Waals surface area contributed by atoms with Crippen LogP contribution in [0.2, 0.25) is 0 Å². The van der Waals surface area contributed by atoms with Gasteiger partial charge in [-0.1, -0.05) is 13.0 Å². The number of nitrogens with one attached hydrogen (secondary N) is 2. The molecule has 0 bridgehead atoms. The summed E-state index contributed by atoms with van der Waals surface area (Å²) in [7, 11) is 0. The number of phenolic OH excluding ortho intramolecular Hbond substituents is 1. The minimum absolute atomic E-state index is 0.0638. The number of carbonyl (C=O) groups is 1. The van der Waals surface area contributed by atoms with Gasteiger partial charge in [-0.25, -0.2) is 0 Å². The van der Waals surface area contributed by atoms with E-state index in [1.165, 1.54) is 0 Å². The second kappa shape index (κ2) is 5.19. The first-order valence-corrected chi connectivity index (χ1v) is 6.07. The van der Waals surface area contributed by atoms with Crippen LogP contribution in [0.4, 0.5) is 5.69 Å². The molecule has 1 atom stereocenters. The molecule has 0 aliphatic carbocycles. The minimum Gasteiger partial charge on any atom is -0.506 e. The van der Waals surface area contributed by atoms with Crippen molar-refractivity contribution in [3.63, 3.8) is 0 Å². The lowest BCUT2D eigenvalue weighted by molar-refractivity contribution is -0.117. The van der Waals surface area contributed by atoms with E-state index in [-0.39, 0.29) is 17.7 Å². The molecule has 1 aromatic rings. The van der Waals surface area contributed by atoms with E-state index in [9.17, 15) is 9.90 Å². The van der Waals surface area contributed by atoms with E-state index in [2.05, 4.69) is 10.6 Å². The zero-order valence-electron chi connectivity index (χ0n) is 9.99. The summed E-state index contributed by atoms with van der Waals surface area (Å²) < 4.78 is 0. The normalized spacial score (nSPS) is 19.2. The molecule has 1 aliphatic heterocycles. The lowest BCUT2D eigenvalue weighted by atomic mass is 10.1. The Morgan fingerprint density at radius 3 is 3.06 bits per heavy atom. The Morgan fingerprint density at radius 2 is 2.41 bits per heavy atom. The number of phenols is 1. The first-order chi connectivity index (χ1) is 8.20. The molecule has 1 saturated heterocycles. The highest BCUT2D eigenvalue weighted by molar-refractivity contribution is 5.96. The predicted octanol–water partition coefficient (Wildman–Crippen LogP) is 1.65. The van der Waals surface area contributed by atoms with Crippen molar-refractivity contribution < 1.29 is 9.90 Å². The molecule has 1 fully saturated rings. The molecule has 2 rings (SSSR count). The highest BCUT2D eigenvalue weighted by Crippen LogP contribution is 2.25. The van der Waals surface area contributed by atoms with Crippen molar-refractivity contribution in [3.8, 4) is 5.75 Å². The molecule has 0 unspecified atom stereocenters. The van der Waals surface area contributed by atoms with Gasteiger partial charge in [-0.05, 0) is 43.5 Å². The third-order valence-corrected chi connectivity index (χ3v) is 3.10. The Morgan fingerprint density at radius 1 is 1.59 bits per heavy atom. The van der Waals surface area contributed by atoms with Crippen molar-refractivity contribution in [2.45, 2.75) is 32.2 Å². The fraction of sp³-hybridized carbons (Fsp3) is 0.462. The number of hydrogen-bond acceptors (Lipinski definition) is 3. The van der Waals surface area contributed by atoms with Crippen molar-refractivity contribution in [2.24, 2.45) is 0 Å². The zero-order chi connectivity index (χ0) is 12.3. The molecule has 1 aliphatic rings. The van der Waals surface area contributed by atoms with Gasteiger partial charge in [0, 0.05) is 0 Å². The highest BCUT2D eigenvalue weighted by atomic mass is 16.3. The largest absolute Gasteiger partial charge is 0.506 e. The third kappa shape index (κ3) is 2.77. The number of amides is 1. The molecule has 4 heteroatoms. The molecule has 0 spiro atoms. The lowest BCUT2D eigenvalue weighted by Crippen LogP contribution is -2.35. The van der Waals surface area contributed by atoms with Crippen molar-refractivity contribution >= 4 is 11.6 Å². The minimum atomic E-state index is -0.125.